The highest BCUT2D eigenvalue weighted by Gasteiger charge is 2.36. The Labute approximate surface area is 153 Å². The maximum absolute atomic E-state index is 13.1. The van der Waals surface area contributed by atoms with Gasteiger partial charge in [-0.3, -0.25) is 9.67 Å². The lowest BCUT2D eigenvalue weighted by Gasteiger charge is -2.13. The average Bonchev–Trinajstić information content (AvgIpc) is 3.06. The van der Waals surface area contributed by atoms with Crippen LogP contribution < -0.4 is 4.72 Å². The molecule has 0 atom stereocenters. The number of nitrogens with zero attached hydrogens (tertiary/aromatic N) is 3. The van der Waals surface area contributed by atoms with Crippen LogP contribution in [-0.4, -0.2) is 23.2 Å². The Bertz CT molecular complexity index is 1060. The minimum atomic E-state index is -4.77. The molecule has 2 heterocycles. The van der Waals surface area contributed by atoms with E-state index in [9.17, 15) is 21.6 Å². The third kappa shape index (κ3) is 4.34. The third-order valence-electron chi connectivity index (χ3n) is 3.77. The lowest BCUT2D eigenvalue weighted by Crippen LogP contribution is -2.26. The number of rotatable bonds is 5. The van der Waals surface area contributed by atoms with Crippen LogP contribution in [0.4, 0.5) is 13.2 Å². The second-order valence-corrected chi connectivity index (χ2v) is 7.51. The molecule has 1 aromatic carbocycles. The number of aryl methyl sites for hydroxylation is 1. The number of benzene rings is 1. The van der Waals surface area contributed by atoms with Crippen LogP contribution in [0, 0.1) is 0 Å². The van der Waals surface area contributed by atoms with Crippen LogP contribution in [0.25, 0.3) is 11.3 Å². The van der Waals surface area contributed by atoms with Gasteiger partial charge in [-0.05, 0) is 29.8 Å². The number of hydrogen-bond acceptors (Lipinski definition) is 4. The summed E-state index contributed by atoms with van der Waals surface area (Å²) in [4.78, 5) is 3.39. The summed E-state index contributed by atoms with van der Waals surface area (Å²) in [6.45, 7) is -0.176. The molecule has 0 aliphatic carbocycles. The first kappa shape index (κ1) is 19.1. The minimum absolute atomic E-state index is 0.176. The number of hydrogen-bond donors (Lipinski definition) is 1. The zero-order valence-corrected chi connectivity index (χ0v) is 14.9. The van der Waals surface area contributed by atoms with E-state index in [4.69, 9.17) is 0 Å². The van der Waals surface area contributed by atoms with E-state index in [0.29, 0.717) is 11.3 Å². The summed E-state index contributed by atoms with van der Waals surface area (Å²) in [5.41, 5.74) is 0.667. The first-order chi connectivity index (χ1) is 12.7. The molecule has 0 aliphatic heterocycles. The van der Waals surface area contributed by atoms with Gasteiger partial charge < -0.3 is 0 Å². The fraction of sp³-hybridized carbons (Fsp3) is 0.176. The summed E-state index contributed by atoms with van der Waals surface area (Å²) < 4.78 is 67.8. The molecular formula is C17H15F3N4O2S. The van der Waals surface area contributed by atoms with E-state index < -0.39 is 26.7 Å². The largest absolute Gasteiger partial charge is 0.417 e. The molecule has 0 fully saturated rings. The molecular weight excluding hydrogens is 381 g/mol. The minimum Gasteiger partial charge on any atom is -0.275 e. The van der Waals surface area contributed by atoms with E-state index in [1.165, 1.54) is 12.3 Å². The highest BCUT2D eigenvalue weighted by molar-refractivity contribution is 7.89. The van der Waals surface area contributed by atoms with E-state index in [0.717, 1.165) is 23.8 Å². The van der Waals surface area contributed by atoms with Gasteiger partial charge in [0.25, 0.3) is 0 Å². The van der Waals surface area contributed by atoms with Gasteiger partial charge >= 0.3 is 6.18 Å². The average molecular weight is 396 g/mol. The SMILES string of the molecule is Cn1cc(-c2cc(CNS(=O)(=O)c3ccccc3C(F)(F)F)ccn2)cn1. The normalized spacial score (nSPS) is 12.3. The quantitative estimate of drug-likeness (QED) is 0.719. The standard InChI is InChI=1S/C17H15F3N4O2S/c1-24-11-13(10-22-24)15-8-12(6-7-21-15)9-23-27(25,26)16-5-3-2-4-14(16)17(18,19)20/h2-8,10-11,23H,9H2,1H3. The lowest BCUT2D eigenvalue weighted by molar-refractivity contribution is -0.139. The summed E-state index contributed by atoms with van der Waals surface area (Å²) in [5.74, 6) is 0. The Morgan fingerprint density at radius 1 is 1.19 bits per heavy atom. The summed E-state index contributed by atoms with van der Waals surface area (Å²) in [6, 6.07) is 7.29. The Hall–Kier alpha value is -2.72. The van der Waals surface area contributed by atoms with Crippen LogP contribution in [0.5, 0.6) is 0 Å². The van der Waals surface area contributed by atoms with E-state index in [2.05, 4.69) is 14.8 Å². The van der Waals surface area contributed by atoms with Crippen molar-refractivity contribution in [1.82, 2.24) is 19.5 Å². The molecule has 6 nitrogen and oxygen atoms in total. The molecule has 0 radical (unpaired) electrons. The highest BCUT2D eigenvalue weighted by atomic mass is 32.2. The topological polar surface area (TPSA) is 76.9 Å². The van der Waals surface area contributed by atoms with Gasteiger partial charge in [-0.25, -0.2) is 13.1 Å². The molecule has 2 aromatic heterocycles. The maximum atomic E-state index is 13.1. The van der Waals surface area contributed by atoms with Crippen molar-refractivity contribution < 1.29 is 21.6 Å². The van der Waals surface area contributed by atoms with Crippen molar-refractivity contribution in [3.8, 4) is 11.3 Å². The van der Waals surface area contributed by atoms with Gasteiger partial charge in [0.15, 0.2) is 0 Å². The highest BCUT2D eigenvalue weighted by Crippen LogP contribution is 2.33. The number of pyridine rings is 1. The molecule has 0 spiro atoms. The molecule has 142 valence electrons. The van der Waals surface area contributed by atoms with Crippen molar-refractivity contribution in [3.63, 3.8) is 0 Å². The predicted octanol–water partition coefficient (Wildman–Crippen LogP) is 2.98. The lowest BCUT2D eigenvalue weighted by atomic mass is 10.1. The summed E-state index contributed by atoms with van der Waals surface area (Å²) in [5, 5.41) is 4.04. The molecule has 10 heteroatoms. The van der Waals surface area contributed by atoms with Crippen LogP contribution in [0.2, 0.25) is 0 Å². The molecule has 0 saturated carbocycles. The van der Waals surface area contributed by atoms with E-state index in [-0.39, 0.29) is 6.54 Å². The molecule has 3 aromatic rings. The summed E-state index contributed by atoms with van der Waals surface area (Å²) >= 11 is 0. The van der Waals surface area contributed by atoms with Crippen molar-refractivity contribution in [2.24, 2.45) is 7.05 Å². The van der Waals surface area contributed by atoms with Gasteiger partial charge in [-0.15, -0.1) is 0 Å². The third-order valence-corrected chi connectivity index (χ3v) is 5.23. The Morgan fingerprint density at radius 2 is 1.93 bits per heavy atom. The molecule has 0 bridgehead atoms. The fourth-order valence-corrected chi connectivity index (χ4v) is 3.73. The molecule has 27 heavy (non-hydrogen) atoms. The first-order valence-corrected chi connectivity index (χ1v) is 9.25. The molecule has 0 saturated heterocycles. The molecule has 1 N–H and O–H groups in total. The Morgan fingerprint density at radius 3 is 2.59 bits per heavy atom. The van der Waals surface area contributed by atoms with Gasteiger partial charge in [-0.1, -0.05) is 12.1 Å². The van der Waals surface area contributed by atoms with Gasteiger partial charge in [0, 0.05) is 31.5 Å². The van der Waals surface area contributed by atoms with Gasteiger partial charge in [0.2, 0.25) is 10.0 Å². The Kier molecular flexibility index (Phi) is 5.03. The fourth-order valence-electron chi connectivity index (χ4n) is 2.49. The first-order valence-electron chi connectivity index (χ1n) is 7.77. The van der Waals surface area contributed by atoms with E-state index >= 15 is 0 Å². The van der Waals surface area contributed by atoms with Crippen LogP contribution in [0.3, 0.4) is 0 Å². The second-order valence-electron chi connectivity index (χ2n) is 5.77. The number of nitrogens with one attached hydrogen (secondary N) is 1. The zero-order chi connectivity index (χ0) is 19.7. The Balaban J connectivity index is 1.83. The number of aromatic nitrogens is 3. The van der Waals surface area contributed by atoms with Crippen LogP contribution in [-0.2, 0) is 29.8 Å². The maximum Gasteiger partial charge on any atom is 0.417 e. The van der Waals surface area contributed by atoms with Gasteiger partial charge in [0.05, 0.1) is 22.3 Å². The zero-order valence-electron chi connectivity index (χ0n) is 14.1. The van der Waals surface area contributed by atoms with Crippen LogP contribution in [0.15, 0.2) is 59.9 Å². The van der Waals surface area contributed by atoms with Crippen molar-refractivity contribution in [3.05, 3.63) is 66.1 Å². The number of sulfonamides is 1. The van der Waals surface area contributed by atoms with E-state index in [1.54, 1.807) is 36.3 Å². The predicted molar refractivity (Wildman–Crippen MR) is 91.9 cm³/mol. The number of halogens is 3. The molecule has 0 unspecified atom stereocenters. The summed E-state index contributed by atoms with van der Waals surface area (Å²) in [7, 11) is -2.60. The van der Waals surface area contributed by atoms with Crippen molar-refractivity contribution in [2.45, 2.75) is 17.6 Å². The van der Waals surface area contributed by atoms with Crippen molar-refractivity contribution in [2.75, 3.05) is 0 Å². The monoisotopic (exact) mass is 396 g/mol. The van der Waals surface area contributed by atoms with E-state index in [1.807, 2.05) is 0 Å². The second kappa shape index (κ2) is 7.12. The molecule has 3 rings (SSSR count). The molecule has 0 aliphatic rings. The summed E-state index contributed by atoms with van der Waals surface area (Å²) in [6.07, 6.45) is 0.0802. The van der Waals surface area contributed by atoms with Gasteiger partial charge in [-0.2, -0.15) is 18.3 Å². The van der Waals surface area contributed by atoms with Crippen molar-refractivity contribution in [1.29, 1.82) is 0 Å². The number of alkyl halides is 3. The van der Waals surface area contributed by atoms with Crippen molar-refractivity contribution >= 4 is 10.0 Å². The van der Waals surface area contributed by atoms with Crippen LogP contribution >= 0.6 is 0 Å². The molecule has 0 amide bonds. The smallest absolute Gasteiger partial charge is 0.275 e. The van der Waals surface area contributed by atoms with Crippen LogP contribution in [0.1, 0.15) is 11.1 Å². The van der Waals surface area contributed by atoms with Gasteiger partial charge in [0.1, 0.15) is 0 Å².